The quantitative estimate of drug-likeness (QED) is 0.705. The van der Waals surface area contributed by atoms with Gasteiger partial charge in [0, 0.05) is 12.3 Å². The number of carbonyl (C=O) groups excluding carboxylic acids is 1. The van der Waals surface area contributed by atoms with Crippen LogP contribution in [0.2, 0.25) is 0 Å². The SMILES string of the molecule is CCCOC1(C(=O)Nc2ccc(O[C@H](C)CC)cc2)CCC(C)CC1. The Morgan fingerprint density at radius 3 is 2.44 bits per heavy atom. The smallest absolute Gasteiger partial charge is 0.256 e. The van der Waals surface area contributed by atoms with Crippen LogP contribution in [0, 0.1) is 5.92 Å². The Hall–Kier alpha value is -1.55. The van der Waals surface area contributed by atoms with E-state index in [4.69, 9.17) is 9.47 Å². The average molecular weight is 347 g/mol. The van der Waals surface area contributed by atoms with Gasteiger partial charge in [0.25, 0.3) is 5.91 Å². The molecule has 0 unspecified atom stereocenters. The minimum Gasteiger partial charge on any atom is -0.491 e. The van der Waals surface area contributed by atoms with Gasteiger partial charge in [-0.2, -0.15) is 0 Å². The summed E-state index contributed by atoms with van der Waals surface area (Å²) >= 11 is 0. The molecule has 1 aliphatic rings. The molecule has 0 bridgehead atoms. The highest BCUT2D eigenvalue weighted by Crippen LogP contribution is 2.36. The van der Waals surface area contributed by atoms with E-state index in [1.807, 2.05) is 24.3 Å². The second-order valence-electron chi connectivity index (χ2n) is 7.34. The van der Waals surface area contributed by atoms with Crippen LogP contribution in [0.4, 0.5) is 5.69 Å². The highest BCUT2D eigenvalue weighted by atomic mass is 16.5. The molecule has 140 valence electrons. The zero-order valence-electron chi connectivity index (χ0n) is 16.1. The van der Waals surface area contributed by atoms with E-state index < -0.39 is 5.60 Å². The van der Waals surface area contributed by atoms with Crippen molar-refractivity contribution in [3.63, 3.8) is 0 Å². The normalized spacial score (nSPS) is 24.6. The van der Waals surface area contributed by atoms with E-state index in [0.29, 0.717) is 12.5 Å². The number of benzene rings is 1. The summed E-state index contributed by atoms with van der Waals surface area (Å²) in [7, 11) is 0. The molecule has 1 aliphatic carbocycles. The van der Waals surface area contributed by atoms with Crippen LogP contribution in [-0.2, 0) is 9.53 Å². The summed E-state index contributed by atoms with van der Waals surface area (Å²) in [4.78, 5) is 12.9. The third-order valence-electron chi connectivity index (χ3n) is 5.10. The van der Waals surface area contributed by atoms with Gasteiger partial charge in [-0.25, -0.2) is 0 Å². The van der Waals surface area contributed by atoms with Gasteiger partial charge in [-0.3, -0.25) is 4.79 Å². The standard InChI is InChI=1S/C21H33NO3/c1-5-15-24-21(13-11-16(3)12-14-21)20(23)22-18-7-9-19(10-8-18)25-17(4)6-2/h7-10,16-17H,5-6,11-15H2,1-4H3,(H,22,23)/t16?,17-,21?/m1/s1. The zero-order valence-corrected chi connectivity index (χ0v) is 16.1. The van der Waals surface area contributed by atoms with E-state index in [9.17, 15) is 4.79 Å². The summed E-state index contributed by atoms with van der Waals surface area (Å²) in [6, 6.07) is 7.61. The summed E-state index contributed by atoms with van der Waals surface area (Å²) in [5.41, 5.74) is 0.119. The first-order valence-corrected chi connectivity index (χ1v) is 9.71. The van der Waals surface area contributed by atoms with Crippen molar-refractivity contribution in [2.24, 2.45) is 5.92 Å². The molecule has 0 heterocycles. The maximum atomic E-state index is 12.9. The lowest BCUT2D eigenvalue weighted by Gasteiger charge is -2.38. The predicted molar refractivity (Wildman–Crippen MR) is 102 cm³/mol. The van der Waals surface area contributed by atoms with Crippen LogP contribution in [0.5, 0.6) is 5.75 Å². The number of carbonyl (C=O) groups is 1. The Balaban J connectivity index is 2.02. The second kappa shape index (κ2) is 9.23. The third-order valence-corrected chi connectivity index (χ3v) is 5.10. The molecule has 1 N–H and O–H groups in total. The molecule has 1 amide bonds. The topological polar surface area (TPSA) is 47.6 Å². The van der Waals surface area contributed by atoms with Gasteiger partial charge in [0.05, 0.1) is 6.10 Å². The van der Waals surface area contributed by atoms with Crippen molar-refractivity contribution in [3.8, 4) is 5.75 Å². The number of amides is 1. The van der Waals surface area contributed by atoms with Crippen molar-refractivity contribution >= 4 is 11.6 Å². The van der Waals surface area contributed by atoms with Crippen LogP contribution in [0.3, 0.4) is 0 Å². The van der Waals surface area contributed by atoms with Crippen molar-refractivity contribution in [2.45, 2.75) is 77.9 Å². The molecule has 0 radical (unpaired) electrons. The van der Waals surface area contributed by atoms with E-state index in [1.165, 1.54) is 0 Å². The maximum absolute atomic E-state index is 12.9. The monoisotopic (exact) mass is 347 g/mol. The van der Waals surface area contributed by atoms with Crippen LogP contribution < -0.4 is 10.1 Å². The zero-order chi connectivity index (χ0) is 18.3. The van der Waals surface area contributed by atoms with Crippen LogP contribution in [0.25, 0.3) is 0 Å². The molecule has 0 spiro atoms. The number of hydrogen-bond acceptors (Lipinski definition) is 3. The minimum atomic E-state index is -0.672. The van der Waals surface area contributed by atoms with Crippen LogP contribution >= 0.6 is 0 Å². The Morgan fingerprint density at radius 1 is 1.24 bits per heavy atom. The van der Waals surface area contributed by atoms with Gasteiger partial charge in [-0.15, -0.1) is 0 Å². The van der Waals surface area contributed by atoms with Crippen LogP contribution in [0.15, 0.2) is 24.3 Å². The van der Waals surface area contributed by atoms with Crippen molar-refractivity contribution in [3.05, 3.63) is 24.3 Å². The van der Waals surface area contributed by atoms with Gasteiger partial charge in [0.2, 0.25) is 0 Å². The lowest BCUT2D eigenvalue weighted by atomic mass is 9.78. The van der Waals surface area contributed by atoms with Gasteiger partial charge in [0.15, 0.2) is 0 Å². The number of ether oxygens (including phenoxy) is 2. The van der Waals surface area contributed by atoms with E-state index >= 15 is 0 Å². The van der Waals surface area contributed by atoms with Gasteiger partial charge in [0.1, 0.15) is 11.4 Å². The molecule has 25 heavy (non-hydrogen) atoms. The van der Waals surface area contributed by atoms with Gasteiger partial charge in [-0.1, -0.05) is 20.8 Å². The molecule has 0 aliphatic heterocycles. The molecule has 4 nitrogen and oxygen atoms in total. The van der Waals surface area contributed by atoms with Crippen molar-refractivity contribution in [2.75, 3.05) is 11.9 Å². The molecule has 1 aromatic carbocycles. The van der Waals surface area contributed by atoms with Gasteiger partial charge < -0.3 is 14.8 Å². The number of hydrogen-bond donors (Lipinski definition) is 1. The predicted octanol–water partition coefficient (Wildman–Crippen LogP) is 5.18. The molecule has 4 heteroatoms. The molecule has 1 aromatic rings. The van der Waals surface area contributed by atoms with E-state index in [0.717, 1.165) is 50.0 Å². The first-order valence-electron chi connectivity index (χ1n) is 9.71. The fourth-order valence-electron chi connectivity index (χ4n) is 3.14. The van der Waals surface area contributed by atoms with Crippen molar-refractivity contribution in [1.29, 1.82) is 0 Å². The Labute approximate surface area is 152 Å². The highest BCUT2D eigenvalue weighted by Gasteiger charge is 2.42. The lowest BCUT2D eigenvalue weighted by molar-refractivity contribution is -0.147. The Morgan fingerprint density at radius 2 is 1.88 bits per heavy atom. The lowest BCUT2D eigenvalue weighted by Crippen LogP contribution is -2.48. The number of nitrogens with one attached hydrogen (secondary N) is 1. The maximum Gasteiger partial charge on any atom is 0.256 e. The highest BCUT2D eigenvalue weighted by molar-refractivity contribution is 5.97. The van der Waals surface area contributed by atoms with Crippen molar-refractivity contribution in [1.82, 2.24) is 0 Å². The molecule has 2 rings (SSSR count). The summed E-state index contributed by atoms with van der Waals surface area (Å²) in [6.45, 7) is 9.10. The summed E-state index contributed by atoms with van der Waals surface area (Å²) in [6.07, 6.45) is 5.76. The summed E-state index contributed by atoms with van der Waals surface area (Å²) < 4.78 is 11.8. The van der Waals surface area contributed by atoms with E-state index in [2.05, 4.69) is 33.0 Å². The first kappa shape index (κ1) is 19.8. The average Bonchev–Trinajstić information content (AvgIpc) is 2.63. The van der Waals surface area contributed by atoms with Gasteiger partial charge >= 0.3 is 0 Å². The van der Waals surface area contributed by atoms with E-state index in [-0.39, 0.29) is 12.0 Å². The van der Waals surface area contributed by atoms with Crippen molar-refractivity contribution < 1.29 is 14.3 Å². The molecule has 0 saturated heterocycles. The van der Waals surface area contributed by atoms with Crippen LogP contribution in [-0.4, -0.2) is 24.2 Å². The fourth-order valence-corrected chi connectivity index (χ4v) is 3.14. The van der Waals surface area contributed by atoms with Gasteiger partial charge in [-0.05, 0) is 75.6 Å². The Bertz CT molecular complexity index is 527. The largest absolute Gasteiger partial charge is 0.491 e. The summed E-state index contributed by atoms with van der Waals surface area (Å²) in [5.74, 6) is 1.49. The molecular formula is C21H33NO3. The van der Waals surface area contributed by atoms with E-state index in [1.54, 1.807) is 0 Å². The molecule has 1 atom stereocenters. The minimum absolute atomic E-state index is 0.0107. The first-order chi connectivity index (χ1) is 12.0. The number of rotatable bonds is 8. The van der Waals surface area contributed by atoms with Crippen LogP contribution in [0.1, 0.15) is 66.2 Å². The second-order valence-corrected chi connectivity index (χ2v) is 7.34. The molecule has 1 fully saturated rings. The molecule has 0 aromatic heterocycles. The molecular weight excluding hydrogens is 314 g/mol. The Kier molecular flexibility index (Phi) is 7.30. The summed E-state index contributed by atoms with van der Waals surface area (Å²) in [5, 5.41) is 3.05. The number of anilines is 1. The molecule has 1 saturated carbocycles. The third kappa shape index (κ3) is 5.46. The fraction of sp³-hybridized carbons (Fsp3) is 0.667.